The summed E-state index contributed by atoms with van der Waals surface area (Å²) in [5.41, 5.74) is 1.27. The fraction of sp³-hybridized carbons (Fsp3) is 0.286. The molecule has 0 aliphatic heterocycles. The minimum atomic E-state index is -0.578. The Balaban J connectivity index is 2.48. The van der Waals surface area contributed by atoms with E-state index in [-0.39, 0.29) is 6.04 Å². The number of rotatable bonds is 3. The molecule has 0 radical (unpaired) electrons. The molecule has 1 aromatic carbocycles. The van der Waals surface area contributed by atoms with E-state index in [0.29, 0.717) is 5.56 Å². The Morgan fingerprint density at radius 3 is 2.33 bits per heavy atom. The third kappa shape index (κ3) is 2.29. The van der Waals surface area contributed by atoms with Crippen molar-refractivity contribution in [3.05, 3.63) is 58.5 Å². The average molecular weight is 251 g/mol. The molecule has 1 heterocycles. The Hall–Kier alpha value is -1.68. The van der Waals surface area contributed by atoms with Crippen LogP contribution in [0.15, 0.2) is 28.7 Å². The van der Waals surface area contributed by atoms with Crippen LogP contribution in [-0.4, -0.2) is 7.05 Å². The van der Waals surface area contributed by atoms with E-state index < -0.39 is 11.6 Å². The van der Waals surface area contributed by atoms with Crippen molar-refractivity contribution in [2.24, 2.45) is 0 Å². The first-order valence-electron chi connectivity index (χ1n) is 5.72. The number of hydrogen-bond acceptors (Lipinski definition) is 2. The van der Waals surface area contributed by atoms with Crippen molar-refractivity contribution in [1.82, 2.24) is 5.32 Å². The van der Waals surface area contributed by atoms with Gasteiger partial charge in [0.2, 0.25) is 0 Å². The van der Waals surface area contributed by atoms with E-state index in [1.807, 2.05) is 19.9 Å². The molecule has 0 aliphatic rings. The molecule has 18 heavy (non-hydrogen) atoms. The first-order chi connectivity index (χ1) is 8.52. The monoisotopic (exact) mass is 251 g/mol. The number of hydrogen-bond donors (Lipinski definition) is 1. The van der Waals surface area contributed by atoms with E-state index in [1.54, 1.807) is 7.05 Å². The lowest BCUT2D eigenvalue weighted by molar-refractivity contribution is 0.494. The minimum absolute atomic E-state index is 0.344. The predicted octanol–water partition coefficient (Wildman–Crippen LogP) is 3.48. The van der Waals surface area contributed by atoms with Gasteiger partial charge in [0, 0.05) is 17.2 Å². The zero-order chi connectivity index (χ0) is 13.3. The largest absolute Gasteiger partial charge is 0.466 e. The van der Waals surface area contributed by atoms with Gasteiger partial charge in [0.25, 0.3) is 0 Å². The number of furan rings is 1. The highest BCUT2D eigenvalue weighted by Crippen LogP contribution is 2.28. The van der Waals surface area contributed by atoms with Crippen molar-refractivity contribution in [2.75, 3.05) is 7.05 Å². The second kappa shape index (κ2) is 4.90. The van der Waals surface area contributed by atoms with Crippen molar-refractivity contribution in [3.8, 4) is 0 Å². The molecule has 1 N–H and O–H groups in total. The van der Waals surface area contributed by atoms with Crippen LogP contribution in [0.25, 0.3) is 0 Å². The summed E-state index contributed by atoms with van der Waals surface area (Å²) >= 11 is 0. The average Bonchev–Trinajstić information content (AvgIpc) is 2.62. The molecule has 1 unspecified atom stereocenters. The molecule has 2 nitrogen and oxygen atoms in total. The maximum Gasteiger partial charge on any atom is 0.131 e. The van der Waals surface area contributed by atoms with Crippen LogP contribution >= 0.6 is 0 Å². The maximum atomic E-state index is 13.8. The maximum absolute atomic E-state index is 13.8. The van der Waals surface area contributed by atoms with E-state index in [1.165, 1.54) is 12.1 Å². The highest BCUT2D eigenvalue weighted by Gasteiger charge is 2.20. The van der Waals surface area contributed by atoms with Gasteiger partial charge < -0.3 is 9.73 Å². The van der Waals surface area contributed by atoms with Crippen LogP contribution in [0.2, 0.25) is 0 Å². The summed E-state index contributed by atoms with van der Waals surface area (Å²) in [5, 5.41) is 3.03. The van der Waals surface area contributed by atoms with Gasteiger partial charge in [-0.2, -0.15) is 0 Å². The van der Waals surface area contributed by atoms with Crippen molar-refractivity contribution >= 4 is 0 Å². The number of nitrogens with one attached hydrogen (secondary N) is 1. The zero-order valence-electron chi connectivity index (χ0n) is 10.6. The first kappa shape index (κ1) is 12.8. The molecule has 0 saturated carbocycles. The topological polar surface area (TPSA) is 25.2 Å². The minimum Gasteiger partial charge on any atom is -0.466 e. The molecule has 1 aromatic heterocycles. The SMILES string of the molecule is CNC(c1ccc(F)cc1F)c1cc(C)oc1C. The molecule has 0 aliphatic carbocycles. The van der Waals surface area contributed by atoms with Crippen molar-refractivity contribution < 1.29 is 13.2 Å². The molecular formula is C14H15F2NO. The van der Waals surface area contributed by atoms with E-state index in [2.05, 4.69) is 5.32 Å². The second-order valence-electron chi connectivity index (χ2n) is 4.26. The summed E-state index contributed by atoms with van der Waals surface area (Å²) in [7, 11) is 1.73. The fourth-order valence-corrected chi connectivity index (χ4v) is 2.15. The Morgan fingerprint density at radius 1 is 1.11 bits per heavy atom. The molecule has 0 amide bonds. The lowest BCUT2D eigenvalue weighted by Crippen LogP contribution is -2.19. The third-order valence-corrected chi connectivity index (χ3v) is 2.95. The molecule has 96 valence electrons. The normalized spacial score (nSPS) is 12.7. The first-order valence-corrected chi connectivity index (χ1v) is 5.72. The van der Waals surface area contributed by atoms with Gasteiger partial charge in [-0.15, -0.1) is 0 Å². The van der Waals surface area contributed by atoms with Gasteiger partial charge in [0.15, 0.2) is 0 Å². The van der Waals surface area contributed by atoms with Gasteiger partial charge in [-0.05, 0) is 33.0 Å². The summed E-state index contributed by atoms with van der Waals surface area (Å²) < 4.78 is 32.2. The molecule has 0 fully saturated rings. The summed E-state index contributed by atoms with van der Waals surface area (Å²) in [4.78, 5) is 0. The molecule has 0 spiro atoms. The Bertz CT molecular complexity index is 563. The van der Waals surface area contributed by atoms with Crippen molar-refractivity contribution in [2.45, 2.75) is 19.9 Å². The smallest absolute Gasteiger partial charge is 0.131 e. The van der Waals surface area contributed by atoms with E-state index in [9.17, 15) is 8.78 Å². The van der Waals surface area contributed by atoms with Crippen molar-refractivity contribution in [3.63, 3.8) is 0 Å². The van der Waals surface area contributed by atoms with Gasteiger partial charge in [-0.3, -0.25) is 0 Å². The fourth-order valence-electron chi connectivity index (χ4n) is 2.15. The van der Waals surface area contributed by atoms with E-state index in [4.69, 9.17) is 4.42 Å². The van der Waals surface area contributed by atoms with Gasteiger partial charge in [0.05, 0.1) is 6.04 Å². The Kier molecular flexibility index (Phi) is 3.48. The van der Waals surface area contributed by atoms with Crippen LogP contribution in [-0.2, 0) is 0 Å². The van der Waals surface area contributed by atoms with E-state index >= 15 is 0 Å². The molecule has 2 aromatic rings. The third-order valence-electron chi connectivity index (χ3n) is 2.95. The van der Waals surface area contributed by atoms with Crippen LogP contribution in [0.1, 0.15) is 28.7 Å². The summed E-state index contributed by atoms with van der Waals surface area (Å²) in [6.45, 7) is 3.67. The van der Waals surface area contributed by atoms with Gasteiger partial charge in [0.1, 0.15) is 23.2 Å². The summed E-state index contributed by atoms with van der Waals surface area (Å²) in [6, 6.07) is 5.11. The van der Waals surface area contributed by atoms with Crippen LogP contribution in [0.4, 0.5) is 8.78 Å². The molecule has 1 atom stereocenters. The van der Waals surface area contributed by atoms with Crippen LogP contribution in [0.3, 0.4) is 0 Å². The van der Waals surface area contributed by atoms with E-state index in [0.717, 1.165) is 23.2 Å². The van der Waals surface area contributed by atoms with Crippen LogP contribution < -0.4 is 5.32 Å². The van der Waals surface area contributed by atoms with Gasteiger partial charge in [-0.25, -0.2) is 8.78 Å². The van der Waals surface area contributed by atoms with Gasteiger partial charge >= 0.3 is 0 Å². The number of aryl methyl sites for hydroxylation is 2. The molecule has 4 heteroatoms. The second-order valence-corrected chi connectivity index (χ2v) is 4.26. The lowest BCUT2D eigenvalue weighted by atomic mass is 9.98. The number of halogens is 2. The predicted molar refractivity (Wildman–Crippen MR) is 65.4 cm³/mol. The quantitative estimate of drug-likeness (QED) is 0.903. The number of benzene rings is 1. The van der Waals surface area contributed by atoms with Crippen LogP contribution in [0, 0.1) is 25.5 Å². The molecular weight excluding hydrogens is 236 g/mol. The Morgan fingerprint density at radius 2 is 1.83 bits per heavy atom. The van der Waals surface area contributed by atoms with Crippen molar-refractivity contribution in [1.29, 1.82) is 0 Å². The zero-order valence-corrected chi connectivity index (χ0v) is 10.6. The molecule has 0 bridgehead atoms. The highest BCUT2D eigenvalue weighted by atomic mass is 19.1. The summed E-state index contributed by atoms with van der Waals surface area (Å²) in [5.74, 6) is 0.361. The summed E-state index contributed by atoms with van der Waals surface area (Å²) in [6.07, 6.45) is 0. The molecule has 0 saturated heterocycles. The van der Waals surface area contributed by atoms with Gasteiger partial charge in [-0.1, -0.05) is 6.07 Å². The highest BCUT2D eigenvalue weighted by molar-refractivity contribution is 5.35. The Labute approximate surface area is 105 Å². The lowest BCUT2D eigenvalue weighted by Gasteiger charge is -2.16. The standard InChI is InChI=1S/C14H15F2NO/c1-8-6-12(9(2)18-8)14(17-3)11-5-4-10(15)7-13(11)16/h4-7,14,17H,1-3H3. The molecule has 2 rings (SSSR count). The van der Waals surface area contributed by atoms with Crippen LogP contribution in [0.5, 0.6) is 0 Å².